The standard InChI is InChI=1S/C27H39F5O/c1-2-3-8-22-12-11-21(19-26(22,29)30)7-5-4-6-20-9-13-23(14-10-20)27(31,32)33-25-17-15-24(28)16-18-25/h15-18,20-23H,2-14,19H2,1H3. The molecule has 3 rings (SSSR count). The smallest absolute Gasteiger partial charge is 0.400 e. The van der Waals surface area contributed by atoms with Gasteiger partial charge in [0.05, 0.1) is 5.92 Å². The maximum absolute atomic E-state index is 14.5. The second-order valence-corrected chi connectivity index (χ2v) is 10.4. The maximum atomic E-state index is 14.5. The van der Waals surface area contributed by atoms with Gasteiger partial charge >= 0.3 is 6.11 Å². The first-order chi connectivity index (χ1) is 15.7. The van der Waals surface area contributed by atoms with Crippen molar-refractivity contribution in [1.29, 1.82) is 0 Å². The summed E-state index contributed by atoms with van der Waals surface area (Å²) in [6.07, 6.45) is 6.92. The van der Waals surface area contributed by atoms with E-state index in [1.165, 1.54) is 12.1 Å². The van der Waals surface area contributed by atoms with Gasteiger partial charge in [-0.3, -0.25) is 0 Å². The second-order valence-electron chi connectivity index (χ2n) is 10.4. The summed E-state index contributed by atoms with van der Waals surface area (Å²) < 4.78 is 75.8. The Bertz CT molecular complexity index is 697. The van der Waals surface area contributed by atoms with Gasteiger partial charge in [-0.2, -0.15) is 8.78 Å². The van der Waals surface area contributed by atoms with Gasteiger partial charge < -0.3 is 4.74 Å². The molecule has 0 aliphatic heterocycles. The topological polar surface area (TPSA) is 9.23 Å². The molecule has 2 saturated carbocycles. The lowest BCUT2D eigenvalue weighted by Gasteiger charge is -2.36. The Balaban J connectivity index is 1.32. The zero-order chi connectivity index (χ0) is 23.9. The van der Waals surface area contributed by atoms with Crippen LogP contribution in [0.1, 0.15) is 96.8 Å². The van der Waals surface area contributed by atoms with Gasteiger partial charge in [0.1, 0.15) is 11.6 Å². The van der Waals surface area contributed by atoms with E-state index in [4.69, 9.17) is 4.74 Å². The van der Waals surface area contributed by atoms with E-state index in [-0.39, 0.29) is 18.1 Å². The largest absolute Gasteiger partial charge is 0.432 e. The number of hydrogen-bond acceptors (Lipinski definition) is 1. The number of rotatable bonds is 11. The first kappa shape index (κ1) is 26.3. The van der Waals surface area contributed by atoms with E-state index in [0.717, 1.165) is 69.9 Å². The second kappa shape index (κ2) is 11.9. The van der Waals surface area contributed by atoms with Crippen molar-refractivity contribution in [2.45, 2.75) is 109 Å². The van der Waals surface area contributed by atoms with Crippen LogP contribution in [0.4, 0.5) is 22.0 Å². The summed E-state index contributed by atoms with van der Waals surface area (Å²) in [6.45, 7) is 2.05. The fraction of sp³-hybridized carbons (Fsp3) is 0.778. The van der Waals surface area contributed by atoms with Crippen molar-refractivity contribution >= 4 is 0 Å². The van der Waals surface area contributed by atoms with Gasteiger partial charge in [0.25, 0.3) is 5.92 Å². The highest BCUT2D eigenvalue weighted by Crippen LogP contribution is 2.45. The normalized spacial score (nSPS) is 27.9. The first-order valence-corrected chi connectivity index (χ1v) is 12.9. The van der Waals surface area contributed by atoms with Crippen molar-refractivity contribution in [3.63, 3.8) is 0 Å². The molecule has 0 radical (unpaired) electrons. The molecule has 2 fully saturated rings. The van der Waals surface area contributed by atoms with Crippen LogP contribution >= 0.6 is 0 Å². The van der Waals surface area contributed by atoms with Crippen LogP contribution < -0.4 is 4.74 Å². The molecule has 2 aliphatic carbocycles. The van der Waals surface area contributed by atoms with Crippen LogP contribution in [0, 0.1) is 29.5 Å². The molecule has 2 atom stereocenters. The molecule has 0 aromatic heterocycles. The molecule has 0 saturated heterocycles. The molecule has 0 bridgehead atoms. The molecule has 0 amide bonds. The third-order valence-electron chi connectivity index (χ3n) is 7.85. The van der Waals surface area contributed by atoms with Gasteiger partial charge in [-0.25, -0.2) is 13.2 Å². The maximum Gasteiger partial charge on any atom is 0.400 e. The van der Waals surface area contributed by atoms with Crippen molar-refractivity contribution in [2.24, 2.45) is 23.7 Å². The Kier molecular flexibility index (Phi) is 9.46. The quantitative estimate of drug-likeness (QED) is 0.229. The van der Waals surface area contributed by atoms with Crippen LogP contribution in [0.5, 0.6) is 5.75 Å². The Morgan fingerprint density at radius 2 is 1.45 bits per heavy atom. The summed E-state index contributed by atoms with van der Waals surface area (Å²) in [5.74, 6) is -3.74. The zero-order valence-corrected chi connectivity index (χ0v) is 19.8. The molecule has 2 unspecified atom stereocenters. The number of alkyl halides is 4. The Morgan fingerprint density at radius 3 is 2.06 bits per heavy atom. The molecule has 2 aliphatic rings. The molecule has 188 valence electrons. The van der Waals surface area contributed by atoms with Gasteiger partial charge in [-0.15, -0.1) is 0 Å². The molecule has 0 N–H and O–H groups in total. The summed E-state index contributed by atoms with van der Waals surface area (Å²) in [5, 5.41) is 0. The number of hydrogen-bond donors (Lipinski definition) is 0. The van der Waals surface area contributed by atoms with Crippen LogP contribution in [-0.2, 0) is 0 Å². The lowest BCUT2D eigenvalue weighted by Crippen LogP contribution is -2.37. The van der Waals surface area contributed by atoms with Gasteiger partial charge in [-0.05, 0) is 81.0 Å². The van der Waals surface area contributed by atoms with E-state index in [9.17, 15) is 22.0 Å². The van der Waals surface area contributed by atoms with Gasteiger partial charge in [0, 0.05) is 12.3 Å². The highest BCUT2D eigenvalue weighted by atomic mass is 19.3. The molecule has 1 aromatic carbocycles. The average Bonchev–Trinajstić information content (AvgIpc) is 2.77. The molecule has 1 nitrogen and oxygen atoms in total. The van der Waals surface area contributed by atoms with Crippen molar-refractivity contribution in [1.82, 2.24) is 0 Å². The first-order valence-electron chi connectivity index (χ1n) is 12.9. The van der Waals surface area contributed by atoms with E-state index in [1.807, 2.05) is 6.92 Å². The fourth-order valence-electron chi connectivity index (χ4n) is 5.75. The molecular weight excluding hydrogens is 435 g/mol. The number of ether oxygens (including phenoxy) is 1. The zero-order valence-electron chi connectivity index (χ0n) is 19.8. The van der Waals surface area contributed by atoms with E-state index in [2.05, 4.69) is 0 Å². The Morgan fingerprint density at radius 1 is 0.848 bits per heavy atom. The van der Waals surface area contributed by atoms with Gasteiger partial charge in [0.15, 0.2) is 0 Å². The minimum Gasteiger partial charge on any atom is -0.432 e. The summed E-state index contributed by atoms with van der Waals surface area (Å²) in [6, 6.07) is 4.67. The molecule has 1 aromatic rings. The predicted octanol–water partition coefficient (Wildman–Crippen LogP) is 9.41. The van der Waals surface area contributed by atoms with Crippen LogP contribution in [0.15, 0.2) is 24.3 Å². The van der Waals surface area contributed by atoms with Gasteiger partial charge in [0.2, 0.25) is 0 Å². The number of unbranched alkanes of at least 4 members (excludes halogenated alkanes) is 2. The van der Waals surface area contributed by atoms with Crippen LogP contribution in [-0.4, -0.2) is 12.0 Å². The lowest BCUT2D eigenvalue weighted by molar-refractivity contribution is -0.223. The minimum atomic E-state index is -3.26. The highest BCUT2D eigenvalue weighted by molar-refractivity contribution is 5.22. The van der Waals surface area contributed by atoms with Crippen molar-refractivity contribution in [3.8, 4) is 5.75 Å². The predicted molar refractivity (Wildman–Crippen MR) is 121 cm³/mol. The van der Waals surface area contributed by atoms with E-state index in [0.29, 0.717) is 31.6 Å². The fourth-order valence-corrected chi connectivity index (χ4v) is 5.75. The summed E-state index contributed by atoms with van der Waals surface area (Å²) in [7, 11) is 0. The molecule has 33 heavy (non-hydrogen) atoms. The van der Waals surface area contributed by atoms with Crippen molar-refractivity contribution in [3.05, 3.63) is 30.1 Å². The third-order valence-corrected chi connectivity index (χ3v) is 7.85. The molecular formula is C27H39F5O. The van der Waals surface area contributed by atoms with E-state index >= 15 is 0 Å². The average molecular weight is 475 g/mol. The minimum absolute atomic E-state index is 0.0199. The Hall–Kier alpha value is -1.33. The summed E-state index contributed by atoms with van der Waals surface area (Å²) in [5.41, 5.74) is 0. The summed E-state index contributed by atoms with van der Waals surface area (Å²) >= 11 is 0. The van der Waals surface area contributed by atoms with Crippen molar-refractivity contribution in [2.75, 3.05) is 0 Å². The molecule has 0 spiro atoms. The van der Waals surface area contributed by atoms with Crippen LogP contribution in [0.25, 0.3) is 0 Å². The van der Waals surface area contributed by atoms with Gasteiger partial charge in [-0.1, -0.05) is 45.4 Å². The molecule has 6 heteroatoms. The van der Waals surface area contributed by atoms with Crippen LogP contribution in [0.2, 0.25) is 0 Å². The van der Waals surface area contributed by atoms with Crippen LogP contribution in [0.3, 0.4) is 0 Å². The summed E-state index contributed by atoms with van der Waals surface area (Å²) in [4.78, 5) is 0. The van der Waals surface area contributed by atoms with Crippen molar-refractivity contribution < 1.29 is 26.7 Å². The highest BCUT2D eigenvalue weighted by Gasteiger charge is 2.45. The number of benzene rings is 1. The van der Waals surface area contributed by atoms with E-state index < -0.39 is 29.7 Å². The monoisotopic (exact) mass is 474 g/mol. The molecule has 0 heterocycles. The lowest BCUT2D eigenvalue weighted by atomic mass is 9.75. The Labute approximate surface area is 195 Å². The number of halogens is 5. The SMILES string of the molecule is CCCCC1CCC(CCCCC2CCC(C(F)(F)Oc3ccc(F)cc3)CC2)CC1(F)F. The third kappa shape index (κ3) is 7.85. The van der Waals surface area contributed by atoms with E-state index in [1.54, 1.807) is 0 Å².